The molecule has 2 aliphatic rings. The number of methoxy groups -OCH3 is 1. The van der Waals surface area contributed by atoms with Gasteiger partial charge in [0.15, 0.2) is 6.23 Å². The Morgan fingerprint density at radius 2 is 2.00 bits per heavy atom. The number of nitrogens with zero attached hydrogens (tertiary/aromatic N) is 1. The van der Waals surface area contributed by atoms with Crippen molar-refractivity contribution in [3.05, 3.63) is 54.1 Å². The minimum atomic E-state index is 0.135. The number of ether oxygens (including phenoxy) is 2. The molecule has 0 spiro atoms. The fourth-order valence-electron chi connectivity index (χ4n) is 3.66. The Labute approximate surface area is 131 Å². The molecule has 2 aromatic carbocycles. The van der Waals surface area contributed by atoms with E-state index in [1.54, 1.807) is 7.11 Å². The van der Waals surface area contributed by atoms with Gasteiger partial charge in [-0.2, -0.15) is 0 Å². The number of hydrogen-bond donors (Lipinski definition) is 0. The van der Waals surface area contributed by atoms with Crippen molar-refractivity contribution in [3.63, 3.8) is 0 Å². The van der Waals surface area contributed by atoms with Gasteiger partial charge < -0.3 is 14.4 Å². The molecular weight excluding hydrogens is 274 g/mol. The second-order valence-corrected chi connectivity index (χ2v) is 6.12. The second kappa shape index (κ2) is 5.56. The lowest BCUT2D eigenvalue weighted by Gasteiger charge is -2.45. The van der Waals surface area contributed by atoms with E-state index in [9.17, 15) is 0 Å². The Bertz CT molecular complexity index is 656. The van der Waals surface area contributed by atoms with Crippen molar-refractivity contribution in [2.24, 2.45) is 5.92 Å². The highest BCUT2D eigenvalue weighted by Crippen LogP contribution is 2.40. The van der Waals surface area contributed by atoms with Crippen LogP contribution in [0.5, 0.6) is 11.5 Å². The predicted octanol–water partition coefficient (Wildman–Crippen LogP) is 3.87. The van der Waals surface area contributed by atoms with E-state index in [4.69, 9.17) is 9.47 Å². The van der Waals surface area contributed by atoms with Gasteiger partial charge in [-0.15, -0.1) is 0 Å². The van der Waals surface area contributed by atoms with Crippen LogP contribution in [0.3, 0.4) is 0 Å². The van der Waals surface area contributed by atoms with Crippen molar-refractivity contribution in [1.29, 1.82) is 0 Å². The van der Waals surface area contributed by atoms with Crippen LogP contribution in [0.15, 0.2) is 48.5 Å². The number of para-hydroxylation sites is 1. The zero-order valence-electron chi connectivity index (χ0n) is 12.9. The maximum atomic E-state index is 6.39. The average molecular weight is 295 g/mol. The maximum absolute atomic E-state index is 6.39. The molecule has 0 N–H and O–H groups in total. The van der Waals surface area contributed by atoms with E-state index in [2.05, 4.69) is 41.3 Å². The van der Waals surface area contributed by atoms with Gasteiger partial charge in [-0.3, -0.25) is 0 Å². The van der Waals surface area contributed by atoms with Crippen molar-refractivity contribution in [1.82, 2.24) is 0 Å². The zero-order valence-corrected chi connectivity index (χ0v) is 12.9. The van der Waals surface area contributed by atoms with Crippen LogP contribution in [-0.4, -0.2) is 19.9 Å². The third-order valence-electron chi connectivity index (χ3n) is 4.78. The molecular formula is C19H21NO2. The molecule has 4 rings (SSSR count). The predicted molar refractivity (Wildman–Crippen MR) is 87.6 cm³/mol. The molecule has 0 radical (unpaired) electrons. The lowest BCUT2D eigenvalue weighted by atomic mass is 9.86. The topological polar surface area (TPSA) is 21.7 Å². The Morgan fingerprint density at radius 1 is 1.14 bits per heavy atom. The molecule has 3 nitrogen and oxygen atoms in total. The van der Waals surface area contributed by atoms with Crippen molar-refractivity contribution >= 4 is 5.69 Å². The van der Waals surface area contributed by atoms with Crippen molar-refractivity contribution < 1.29 is 9.47 Å². The van der Waals surface area contributed by atoms with E-state index in [-0.39, 0.29) is 6.23 Å². The van der Waals surface area contributed by atoms with Crippen molar-refractivity contribution in [3.8, 4) is 11.5 Å². The molecule has 2 heterocycles. The third-order valence-corrected chi connectivity index (χ3v) is 4.78. The molecule has 2 atom stereocenters. The summed E-state index contributed by atoms with van der Waals surface area (Å²) >= 11 is 0. The molecule has 0 aromatic heterocycles. The summed E-state index contributed by atoms with van der Waals surface area (Å²) in [5.41, 5.74) is 2.56. The van der Waals surface area contributed by atoms with Gasteiger partial charge >= 0.3 is 0 Å². The molecule has 1 saturated heterocycles. The van der Waals surface area contributed by atoms with Crippen LogP contribution in [0, 0.1) is 5.92 Å². The third kappa shape index (κ3) is 2.31. The lowest BCUT2D eigenvalue weighted by Crippen LogP contribution is -2.51. The minimum absolute atomic E-state index is 0.135. The van der Waals surface area contributed by atoms with Crippen molar-refractivity contribution in [2.45, 2.75) is 25.5 Å². The first-order valence-electron chi connectivity index (χ1n) is 8.00. The summed E-state index contributed by atoms with van der Waals surface area (Å²) in [4.78, 5) is 2.41. The maximum Gasteiger partial charge on any atom is 0.175 e. The van der Waals surface area contributed by atoms with Gasteiger partial charge in [-0.05, 0) is 43.0 Å². The summed E-state index contributed by atoms with van der Waals surface area (Å²) in [6.07, 6.45) is 3.69. The summed E-state index contributed by atoms with van der Waals surface area (Å²) in [6.45, 7) is 1.06. The first kappa shape index (κ1) is 13.5. The molecule has 2 aliphatic heterocycles. The Kier molecular flexibility index (Phi) is 3.41. The number of anilines is 1. The molecule has 0 amide bonds. The normalized spacial score (nSPS) is 23.2. The molecule has 2 aromatic rings. The van der Waals surface area contributed by atoms with E-state index in [0.29, 0.717) is 5.92 Å². The fourth-order valence-corrected chi connectivity index (χ4v) is 3.66. The molecule has 1 fully saturated rings. The minimum Gasteiger partial charge on any atom is -0.497 e. The van der Waals surface area contributed by atoms with E-state index < -0.39 is 0 Å². The molecule has 0 aliphatic carbocycles. The van der Waals surface area contributed by atoms with Crippen LogP contribution in [0.1, 0.15) is 18.4 Å². The zero-order chi connectivity index (χ0) is 14.9. The summed E-state index contributed by atoms with van der Waals surface area (Å²) < 4.78 is 11.7. The molecule has 0 bridgehead atoms. The van der Waals surface area contributed by atoms with Crippen LogP contribution in [0.25, 0.3) is 0 Å². The van der Waals surface area contributed by atoms with Gasteiger partial charge in [0.2, 0.25) is 0 Å². The van der Waals surface area contributed by atoms with Gasteiger partial charge in [-0.25, -0.2) is 0 Å². The molecule has 2 unspecified atom stereocenters. The summed E-state index contributed by atoms with van der Waals surface area (Å²) in [6, 6.07) is 16.8. The first-order valence-corrected chi connectivity index (χ1v) is 8.00. The van der Waals surface area contributed by atoms with Gasteiger partial charge in [-0.1, -0.05) is 24.3 Å². The molecule has 3 heteroatoms. The first-order chi connectivity index (χ1) is 10.8. The lowest BCUT2D eigenvalue weighted by molar-refractivity contribution is 0.0840. The fraction of sp³-hybridized carbons (Fsp3) is 0.368. The monoisotopic (exact) mass is 295 g/mol. The standard InChI is InChI=1S/C19H21NO2/c1-21-17-10-9-14-12-15-6-5-11-20(16-7-3-2-4-8-16)19(15)22-18(14)13-17/h2-4,7-10,13,15,19H,5-6,11-12H2,1H3. The number of hydrogen-bond acceptors (Lipinski definition) is 3. The van der Waals surface area contributed by atoms with E-state index >= 15 is 0 Å². The van der Waals surface area contributed by atoms with Gasteiger partial charge in [0.05, 0.1) is 7.11 Å². The van der Waals surface area contributed by atoms with Crippen LogP contribution in [-0.2, 0) is 6.42 Å². The smallest absolute Gasteiger partial charge is 0.175 e. The molecule has 114 valence electrons. The number of benzene rings is 2. The highest BCUT2D eigenvalue weighted by atomic mass is 16.5. The van der Waals surface area contributed by atoms with E-state index in [1.165, 1.54) is 24.1 Å². The van der Waals surface area contributed by atoms with E-state index in [0.717, 1.165) is 24.5 Å². The Morgan fingerprint density at radius 3 is 2.82 bits per heavy atom. The summed E-state index contributed by atoms with van der Waals surface area (Å²) in [5.74, 6) is 2.40. The van der Waals surface area contributed by atoms with Crippen LogP contribution in [0.2, 0.25) is 0 Å². The van der Waals surface area contributed by atoms with Gasteiger partial charge in [0.25, 0.3) is 0 Å². The number of piperidine rings is 1. The largest absolute Gasteiger partial charge is 0.497 e. The van der Waals surface area contributed by atoms with Crippen LogP contribution < -0.4 is 14.4 Å². The van der Waals surface area contributed by atoms with Gasteiger partial charge in [0, 0.05) is 24.2 Å². The molecule has 22 heavy (non-hydrogen) atoms. The Hall–Kier alpha value is -2.16. The van der Waals surface area contributed by atoms with Crippen LogP contribution in [0.4, 0.5) is 5.69 Å². The Balaban J connectivity index is 1.67. The highest BCUT2D eigenvalue weighted by molar-refractivity contribution is 5.49. The summed E-state index contributed by atoms with van der Waals surface area (Å²) in [5, 5.41) is 0. The SMILES string of the molecule is COc1ccc2c(c1)OC1C(CCCN1c1ccccc1)C2. The van der Waals surface area contributed by atoms with Crippen LogP contribution >= 0.6 is 0 Å². The van der Waals surface area contributed by atoms with E-state index in [1.807, 2.05) is 12.1 Å². The average Bonchev–Trinajstić information content (AvgIpc) is 2.59. The summed E-state index contributed by atoms with van der Waals surface area (Å²) in [7, 11) is 1.70. The number of rotatable bonds is 2. The van der Waals surface area contributed by atoms with Crippen molar-refractivity contribution in [2.75, 3.05) is 18.6 Å². The highest BCUT2D eigenvalue weighted by Gasteiger charge is 2.37. The second-order valence-electron chi connectivity index (χ2n) is 6.12. The molecule has 0 saturated carbocycles. The number of fused-ring (bicyclic) bond motifs is 2. The quantitative estimate of drug-likeness (QED) is 0.839. The van der Waals surface area contributed by atoms with Gasteiger partial charge in [0.1, 0.15) is 11.5 Å².